The average molecular weight is 365 g/mol. The molecule has 1 N–H and O–H groups in total. The van der Waals surface area contributed by atoms with E-state index in [4.69, 9.17) is 11.6 Å². The lowest BCUT2D eigenvalue weighted by Gasteiger charge is -2.12. The quantitative estimate of drug-likeness (QED) is 0.733. The third-order valence-corrected chi connectivity index (χ3v) is 3.47. The number of anilines is 1. The molecule has 1 nitrogen and oxygen atoms in total. The molecule has 0 aliphatic heterocycles. The molecule has 0 amide bonds. The maximum Gasteiger partial charge on any atom is 0.416 e. The van der Waals surface area contributed by atoms with Crippen LogP contribution in [0.1, 0.15) is 11.1 Å². The van der Waals surface area contributed by atoms with Gasteiger partial charge in [0.15, 0.2) is 0 Å². The topological polar surface area (TPSA) is 12.0 Å². The van der Waals surface area contributed by atoms with E-state index in [2.05, 4.69) is 21.2 Å². The largest absolute Gasteiger partial charge is 0.416 e. The maximum atomic E-state index is 12.5. The van der Waals surface area contributed by atoms with Crippen molar-refractivity contribution < 1.29 is 13.2 Å². The second kappa shape index (κ2) is 6.06. The summed E-state index contributed by atoms with van der Waals surface area (Å²) in [5.41, 5.74) is 0.713. The zero-order chi connectivity index (χ0) is 14.8. The Morgan fingerprint density at radius 2 is 1.85 bits per heavy atom. The van der Waals surface area contributed by atoms with Crippen LogP contribution in [-0.2, 0) is 12.7 Å². The predicted molar refractivity (Wildman–Crippen MR) is 77.9 cm³/mol. The van der Waals surface area contributed by atoms with E-state index >= 15 is 0 Å². The summed E-state index contributed by atoms with van der Waals surface area (Å²) in [6, 6.07) is 10.9. The van der Waals surface area contributed by atoms with Gasteiger partial charge in [0.2, 0.25) is 0 Å². The molecule has 0 heterocycles. The highest BCUT2D eigenvalue weighted by atomic mass is 79.9. The van der Waals surface area contributed by atoms with Gasteiger partial charge in [-0.15, -0.1) is 0 Å². The van der Waals surface area contributed by atoms with Crippen LogP contribution in [0.5, 0.6) is 0 Å². The van der Waals surface area contributed by atoms with Crippen LogP contribution in [0.4, 0.5) is 18.9 Å². The fourth-order valence-corrected chi connectivity index (χ4v) is 2.37. The summed E-state index contributed by atoms with van der Waals surface area (Å²) in [6.45, 7) is 0.477. The molecule has 0 aromatic heterocycles. The summed E-state index contributed by atoms with van der Waals surface area (Å²) in [5.74, 6) is 0. The Morgan fingerprint density at radius 3 is 2.45 bits per heavy atom. The molecule has 2 aromatic rings. The van der Waals surface area contributed by atoms with Crippen LogP contribution in [-0.4, -0.2) is 0 Å². The highest BCUT2D eigenvalue weighted by Crippen LogP contribution is 2.33. The Labute approximate surface area is 127 Å². The second-order valence-corrected chi connectivity index (χ2v) is 5.50. The first kappa shape index (κ1) is 15.2. The Bertz CT molecular complexity index is 614. The van der Waals surface area contributed by atoms with Gasteiger partial charge >= 0.3 is 6.18 Å². The molecule has 0 saturated carbocycles. The normalized spacial score (nSPS) is 11.4. The van der Waals surface area contributed by atoms with Gasteiger partial charge in [0.1, 0.15) is 0 Å². The van der Waals surface area contributed by atoms with E-state index in [-0.39, 0.29) is 5.02 Å². The van der Waals surface area contributed by atoms with Crippen LogP contribution in [0.15, 0.2) is 46.9 Å². The first-order chi connectivity index (χ1) is 9.36. The molecule has 20 heavy (non-hydrogen) atoms. The van der Waals surface area contributed by atoms with Crippen LogP contribution in [0.2, 0.25) is 5.02 Å². The highest BCUT2D eigenvalue weighted by molar-refractivity contribution is 9.10. The highest BCUT2D eigenvalue weighted by Gasteiger charge is 2.30. The molecule has 6 heteroatoms. The molecule has 0 atom stereocenters. The van der Waals surface area contributed by atoms with Crippen molar-refractivity contribution in [2.24, 2.45) is 0 Å². The Morgan fingerprint density at radius 1 is 1.10 bits per heavy atom. The average Bonchev–Trinajstić information content (AvgIpc) is 2.36. The van der Waals surface area contributed by atoms with Crippen molar-refractivity contribution in [3.05, 3.63) is 63.1 Å². The Kier molecular flexibility index (Phi) is 4.60. The van der Waals surface area contributed by atoms with Crippen LogP contribution in [0.3, 0.4) is 0 Å². The molecule has 0 unspecified atom stereocenters. The van der Waals surface area contributed by atoms with Crippen molar-refractivity contribution in [2.45, 2.75) is 12.7 Å². The van der Waals surface area contributed by atoms with Gasteiger partial charge in [0, 0.05) is 11.0 Å². The SMILES string of the molecule is FC(F)(F)c1ccc(NCc2cccc(Br)c2)c(Cl)c1. The van der Waals surface area contributed by atoms with Crippen molar-refractivity contribution in [3.8, 4) is 0 Å². The fraction of sp³-hybridized carbons (Fsp3) is 0.143. The Balaban J connectivity index is 2.11. The molecule has 106 valence electrons. The van der Waals surface area contributed by atoms with E-state index in [0.717, 1.165) is 22.2 Å². The third-order valence-electron chi connectivity index (χ3n) is 2.67. The molecular formula is C14H10BrClF3N. The molecule has 2 rings (SSSR count). The van der Waals surface area contributed by atoms with Crippen LogP contribution in [0, 0.1) is 0 Å². The van der Waals surface area contributed by atoms with Crippen molar-refractivity contribution in [1.82, 2.24) is 0 Å². The van der Waals surface area contributed by atoms with Gasteiger partial charge in [-0.2, -0.15) is 13.2 Å². The van der Waals surface area contributed by atoms with E-state index in [0.29, 0.717) is 12.2 Å². The van der Waals surface area contributed by atoms with Gasteiger partial charge in [0.25, 0.3) is 0 Å². The summed E-state index contributed by atoms with van der Waals surface area (Å²) in [7, 11) is 0. The summed E-state index contributed by atoms with van der Waals surface area (Å²) >= 11 is 9.22. The number of rotatable bonds is 3. The first-order valence-corrected chi connectivity index (χ1v) is 6.88. The molecule has 2 aromatic carbocycles. The lowest BCUT2D eigenvalue weighted by atomic mass is 10.2. The minimum absolute atomic E-state index is 0.0508. The zero-order valence-electron chi connectivity index (χ0n) is 10.1. The predicted octanol–water partition coefficient (Wildman–Crippen LogP) is 5.73. The lowest BCUT2D eigenvalue weighted by Crippen LogP contribution is -2.06. The number of halogens is 5. The van der Waals surface area contributed by atoms with Crippen molar-refractivity contribution in [3.63, 3.8) is 0 Å². The van der Waals surface area contributed by atoms with E-state index < -0.39 is 11.7 Å². The van der Waals surface area contributed by atoms with Gasteiger partial charge in [-0.25, -0.2) is 0 Å². The maximum absolute atomic E-state index is 12.5. The monoisotopic (exact) mass is 363 g/mol. The molecule has 0 bridgehead atoms. The van der Waals surface area contributed by atoms with Crippen LogP contribution < -0.4 is 5.32 Å². The molecule has 0 spiro atoms. The number of hydrogen-bond acceptors (Lipinski definition) is 1. The molecule has 0 radical (unpaired) electrons. The molecule has 0 aliphatic rings. The number of hydrogen-bond donors (Lipinski definition) is 1. The van der Waals surface area contributed by atoms with E-state index in [1.54, 1.807) is 0 Å². The number of nitrogens with one attached hydrogen (secondary N) is 1. The third kappa shape index (κ3) is 3.90. The van der Waals surface area contributed by atoms with E-state index in [9.17, 15) is 13.2 Å². The van der Waals surface area contributed by atoms with Crippen molar-refractivity contribution in [1.29, 1.82) is 0 Å². The number of benzene rings is 2. The lowest BCUT2D eigenvalue weighted by molar-refractivity contribution is -0.137. The van der Waals surface area contributed by atoms with E-state index in [1.807, 2.05) is 24.3 Å². The summed E-state index contributed by atoms with van der Waals surface area (Å²) in [4.78, 5) is 0. The van der Waals surface area contributed by atoms with Gasteiger partial charge in [-0.05, 0) is 35.9 Å². The van der Waals surface area contributed by atoms with Gasteiger partial charge < -0.3 is 5.32 Å². The van der Waals surface area contributed by atoms with Crippen molar-refractivity contribution >= 4 is 33.2 Å². The summed E-state index contributed by atoms with van der Waals surface area (Å²) in [5, 5.41) is 3.07. The van der Waals surface area contributed by atoms with Crippen LogP contribution >= 0.6 is 27.5 Å². The summed E-state index contributed by atoms with van der Waals surface area (Å²) in [6.07, 6.45) is -4.38. The Hall–Kier alpha value is -1.20. The second-order valence-electron chi connectivity index (χ2n) is 4.18. The molecular weight excluding hydrogens is 355 g/mol. The van der Waals surface area contributed by atoms with Crippen LogP contribution in [0.25, 0.3) is 0 Å². The minimum atomic E-state index is -4.38. The number of alkyl halides is 3. The van der Waals surface area contributed by atoms with E-state index in [1.165, 1.54) is 6.07 Å². The molecule has 0 aliphatic carbocycles. The first-order valence-electron chi connectivity index (χ1n) is 5.71. The summed E-state index contributed by atoms with van der Waals surface area (Å²) < 4.78 is 38.5. The zero-order valence-corrected chi connectivity index (χ0v) is 12.5. The van der Waals surface area contributed by atoms with Gasteiger partial charge in [-0.3, -0.25) is 0 Å². The standard InChI is InChI=1S/C14H10BrClF3N/c15-11-3-1-2-9(6-11)8-20-13-5-4-10(7-12(13)16)14(17,18)19/h1-7,20H,8H2. The molecule has 0 saturated heterocycles. The van der Waals surface area contributed by atoms with Crippen molar-refractivity contribution in [2.75, 3.05) is 5.32 Å². The van der Waals surface area contributed by atoms with Gasteiger partial charge in [-0.1, -0.05) is 39.7 Å². The minimum Gasteiger partial charge on any atom is -0.380 e. The fourth-order valence-electron chi connectivity index (χ4n) is 1.68. The van der Waals surface area contributed by atoms with Gasteiger partial charge in [0.05, 0.1) is 16.3 Å². The smallest absolute Gasteiger partial charge is 0.380 e. The molecule has 0 fully saturated rings.